The first-order chi connectivity index (χ1) is 7.07. The van der Waals surface area contributed by atoms with Gasteiger partial charge in [-0.15, -0.1) is 0 Å². The van der Waals surface area contributed by atoms with Crippen LogP contribution in [0, 0.1) is 5.41 Å². The van der Waals surface area contributed by atoms with Crippen molar-refractivity contribution in [3.05, 3.63) is 22.8 Å². The lowest BCUT2D eigenvalue weighted by molar-refractivity contribution is 0.304. The smallest absolute Gasteiger partial charge is 0.147 e. The number of hydrogen-bond acceptors (Lipinski definition) is 4. The predicted molar refractivity (Wildman–Crippen MR) is 60.6 cm³/mol. The van der Waals surface area contributed by atoms with E-state index in [2.05, 4.69) is 4.98 Å². The molecule has 0 unspecified atom stereocenters. The number of nitrogens with one attached hydrogen (secondary N) is 1. The summed E-state index contributed by atoms with van der Waals surface area (Å²) >= 11 is 6.03. The van der Waals surface area contributed by atoms with E-state index in [1.807, 2.05) is 0 Å². The fourth-order valence-corrected chi connectivity index (χ4v) is 1.52. The summed E-state index contributed by atoms with van der Waals surface area (Å²) in [6.07, 6.45) is 1.53. The third-order valence-corrected chi connectivity index (χ3v) is 2.33. The molecular formula is C9H13ClN4O. The van der Waals surface area contributed by atoms with Crippen molar-refractivity contribution >= 4 is 23.3 Å². The molecule has 1 rings (SSSR count). The van der Waals surface area contributed by atoms with Crippen LogP contribution in [0.2, 0.25) is 5.02 Å². The van der Waals surface area contributed by atoms with Gasteiger partial charge in [0.2, 0.25) is 0 Å². The number of amidine groups is 1. The van der Waals surface area contributed by atoms with Crippen LogP contribution in [0.5, 0.6) is 0 Å². The van der Waals surface area contributed by atoms with Crippen LogP contribution in [0.25, 0.3) is 0 Å². The number of halogens is 1. The summed E-state index contributed by atoms with van der Waals surface area (Å²) in [5, 5.41) is 16.4. The minimum absolute atomic E-state index is 0.0127. The van der Waals surface area contributed by atoms with Gasteiger partial charge in [0.25, 0.3) is 0 Å². The van der Waals surface area contributed by atoms with Crippen molar-refractivity contribution in [3.63, 3.8) is 0 Å². The van der Waals surface area contributed by atoms with Gasteiger partial charge in [-0.1, -0.05) is 11.6 Å². The second kappa shape index (κ2) is 4.95. The van der Waals surface area contributed by atoms with Crippen LogP contribution in [0.4, 0.5) is 5.82 Å². The van der Waals surface area contributed by atoms with Crippen LogP contribution >= 0.6 is 11.6 Å². The highest BCUT2D eigenvalue weighted by molar-refractivity contribution is 6.36. The van der Waals surface area contributed by atoms with Crippen molar-refractivity contribution in [1.82, 2.24) is 4.98 Å². The highest BCUT2D eigenvalue weighted by Crippen LogP contribution is 2.25. The van der Waals surface area contributed by atoms with E-state index in [1.54, 1.807) is 18.0 Å². The molecule has 0 spiro atoms. The lowest BCUT2D eigenvalue weighted by atomic mass is 10.2. The monoisotopic (exact) mass is 228 g/mol. The van der Waals surface area contributed by atoms with Crippen LogP contribution < -0.4 is 10.6 Å². The number of hydrogen-bond donors (Lipinski definition) is 3. The van der Waals surface area contributed by atoms with Gasteiger partial charge >= 0.3 is 0 Å². The largest absolute Gasteiger partial charge is 0.395 e. The van der Waals surface area contributed by atoms with Gasteiger partial charge in [0.15, 0.2) is 0 Å². The van der Waals surface area contributed by atoms with E-state index in [-0.39, 0.29) is 12.4 Å². The Kier molecular flexibility index (Phi) is 3.88. The molecular weight excluding hydrogens is 216 g/mol. The van der Waals surface area contributed by atoms with Gasteiger partial charge in [-0.2, -0.15) is 0 Å². The third kappa shape index (κ3) is 2.57. The van der Waals surface area contributed by atoms with E-state index in [1.165, 1.54) is 6.20 Å². The van der Waals surface area contributed by atoms with Gasteiger partial charge < -0.3 is 15.7 Å². The molecule has 0 aliphatic carbocycles. The summed E-state index contributed by atoms with van der Waals surface area (Å²) in [5.74, 6) is 0.416. The number of aromatic nitrogens is 1. The number of aliphatic hydroxyl groups excluding tert-OH is 1. The maximum Gasteiger partial charge on any atom is 0.147 e. The number of nitrogens with zero attached hydrogens (tertiary/aromatic N) is 2. The Labute approximate surface area is 93.0 Å². The van der Waals surface area contributed by atoms with Crippen molar-refractivity contribution in [2.75, 3.05) is 25.1 Å². The Balaban J connectivity index is 3.09. The molecule has 5 nitrogen and oxygen atoms in total. The first-order valence-corrected chi connectivity index (χ1v) is 4.76. The average Bonchev–Trinajstić information content (AvgIpc) is 2.17. The molecule has 1 heterocycles. The van der Waals surface area contributed by atoms with Gasteiger partial charge in [-0.05, 0) is 6.07 Å². The maximum absolute atomic E-state index is 8.79. The third-order valence-electron chi connectivity index (χ3n) is 1.96. The van der Waals surface area contributed by atoms with Gasteiger partial charge in [-0.25, -0.2) is 4.98 Å². The molecule has 4 N–H and O–H groups in total. The zero-order valence-electron chi connectivity index (χ0n) is 8.37. The van der Waals surface area contributed by atoms with Crippen molar-refractivity contribution in [2.45, 2.75) is 0 Å². The van der Waals surface area contributed by atoms with Gasteiger partial charge in [0.1, 0.15) is 11.7 Å². The van der Waals surface area contributed by atoms with Crippen LogP contribution in [0.3, 0.4) is 0 Å². The number of anilines is 1. The molecule has 15 heavy (non-hydrogen) atoms. The summed E-state index contributed by atoms with van der Waals surface area (Å²) in [4.78, 5) is 5.77. The highest BCUT2D eigenvalue weighted by atomic mass is 35.5. The van der Waals surface area contributed by atoms with Crippen LogP contribution in [0.15, 0.2) is 12.3 Å². The van der Waals surface area contributed by atoms with E-state index in [9.17, 15) is 0 Å². The zero-order valence-corrected chi connectivity index (χ0v) is 9.12. The summed E-state index contributed by atoms with van der Waals surface area (Å²) < 4.78 is 0. The maximum atomic E-state index is 8.79. The summed E-state index contributed by atoms with van der Waals surface area (Å²) in [6, 6.07) is 1.58. The molecule has 0 atom stereocenters. The normalized spacial score (nSPS) is 10.1. The molecule has 1 aromatic rings. The molecule has 6 heteroatoms. The number of pyridine rings is 1. The molecule has 0 aliphatic heterocycles. The Bertz CT molecular complexity index is 369. The topological polar surface area (TPSA) is 86.2 Å². The quantitative estimate of drug-likeness (QED) is 0.516. The van der Waals surface area contributed by atoms with Crippen molar-refractivity contribution in [2.24, 2.45) is 5.73 Å². The summed E-state index contributed by atoms with van der Waals surface area (Å²) in [6.45, 7) is 0.437. The van der Waals surface area contributed by atoms with E-state index < -0.39 is 0 Å². The molecule has 0 amide bonds. The molecule has 0 fully saturated rings. The molecule has 1 aromatic heterocycles. The molecule has 82 valence electrons. The zero-order chi connectivity index (χ0) is 11.4. The lowest BCUT2D eigenvalue weighted by Gasteiger charge is -2.18. The number of rotatable bonds is 4. The molecule has 0 bridgehead atoms. The molecule has 0 saturated carbocycles. The van der Waals surface area contributed by atoms with Crippen molar-refractivity contribution < 1.29 is 5.11 Å². The van der Waals surface area contributed by atoms with Crippen LogP contribution in [-0.2, 0) is 0 Å². The number of nitrogens with two attached hydrogens (primary N) is 1. The Morgan fingerprint density at radius 2 is 2.40 bits per heavy atom. The second-order valence-electron chi connectivity index (χ2n) is 3.05. The van der Waals surface area contributed by atoms with Gasteiger partial charge in [0.05, 0.1) is 11.6 Å². The van der Waals surface area contributed by atoms with Crippen LogP contribution in [0.1, 0.15) is 5.56 Å². The minimum Gasteiger partial charge on any atom is -0.395 e. The van der Waals surface area contributed by atoms with Crippen molar-refractivity contribution in [3.8, 4) is 0 Å². The number of aliphatic hydroxyl groups is 1. The van der Waals surface area contributed by atoms with Crippen molar-refractivity contribution in [1.29, 1.82) is 5.41 Å². The van der Waals surface area contributed by atoms with Gasteiger partial charge in [-0.3, -0.25) is 5.41 Å². The van der Waals surface area contributed by atoms with E-state index >= 15 is 0 Å². The SMILES string of the molecule is CN(CCO)c1nccc(C(=N)N)c1Cl. The van der Waals surface area contributed by atoms with E-state index in [4.69, 9.17) is 27.9 Å². The average molecular weight is 229 g/mol. The minimum atomic E-state index is -0.0963. The Morgan fingerprint density at radius 3 is 2.93 bits per heavy atom. The first kappa shape index (κ1) is 11.7. The Hall–Kier alpha value is -1.33. The number of nitrogen functional groups attached to an aromatic ring is 1. The van der Waals surface area contributed by atoms with E-state index in [0.29, 0.717) is 22.9 Å². The highest BCUT2D eigenvalue weighted by Gasteiger charge is 2.12. The first-order valence-electron chi connectivity index (χ1n) is 4.38. The second-order valence-corrected chi connectivity index (χ2v) is 3.43. The summed E-state index contributed by atoms with van der Waals surface area (Å²) in [7, 11) is 1.76. The van der Waals surface area contributed by atoms with E-state index in [0.717, 1.165) is 0 Å². The molecule has 0 aliphatic rings. The lowest BCUT2D eigenvalue weighted by Crippen LogP contribution is -2.23. The molecule has 0 saturated heterocycles. The fraction of sp³-hybridized carbons (Fsp3) is 0.333. The molecule has 0 radical (unpaired) electrons. The predicted octanol–water partition coefficient (Wildman–Crippen LogP) is 0.448. The summed E-state index contributed by atoms with van der Waals surface area (Å²) in [5.41, 5.74) is 5.81. The van der Waals surface area contributed by atoms with Crippen LogP contribution in [-0.4, -0.2) is 36.1 Å². The Morgan fingerprint density at radius 1 is 1.73 bits per heavy atom. The fourth-order valence-electron chi connectivity index (χ4n) is 1.16. The number of likely N-dealkylation sites (N-methyl/N-ethyl adjacent to an activating group) is 1. The standard InChI is InChI=1S/C9H13ClN4O/c1-14(4-5-15)9-7(10)6(8(11)12)2-3-13-9/h2-3,15H,4-5H2,1H3,(H3,11,12). The molecule has 0 aromatic carbocycles. The van der Waals surface area contributed by atoms with Gasteiger partial charge in [0, 0.05) is 25.4 Å².